The number of hydrogen-bond acceptors (Lipinski definition) is 2. The summed E-state index contributed by atoms with van der Waals surface area (Å²) in [5, 5.41) is 0. The predicted molar refractivity (Wildman–Crippen MR) is 54.2 cm³/mol. The summed E-state index contributed by atoms with van der Waals surface area (Å²) < 4.78 is 44.1. The standard InChI is InChI=1S/C12H11F3O2/c13-9-6-11(15)10(14)5-8(9)12(16)7-1-3-17-4-2-7/h5-7H,1-4H2. The molecule has 0 amide bonds. The molecule has 1 fully saturated rings. The monoisotopic (exact) mass is 244 g/mol. The van der Waals surface area contributed by atoms with Crippen LogP contribution in [0.15, 0.2) is 12.1 Å². The fraction of sp³-hybridized carbons (Fsp3) is 0.417. The number of carbonyl (C=O) groups excluding carboxylic acids is 1. The van der Waals surface area contributed by atoms with Crippen LogP contribution in [0.1, 0.15) is 23.2 Å². The Morgan fingerprint density at radius 2 is 1.65 bits per heavy atom. The summed E-state index contributed by atoms with van der Waals surface area (Å²) in [4.78, 5) is 11.9. The maximum atomic E-state index is 13.4. The normalized spacial score (nSPS) is 17.1. The highest BCUT2D eigenvalue weighted by molar-refractivity contribution is 5.98. The molecule has 0 N–H and O–H groups in total. The van der Waals surface area contributed by atoms with E-state index in [1.165, 1.54) is 0 Å². The third-order valence-electron chi connectivity index (χ3n) is 2.87. The topological polar surface area (TPSA) is 26.3 Å². The lowest BCUT2D eigenvalue weighted by molar-refractivity contribution is 0.0542. The molecule has 0 bridgehead atoms. The van der Waals surface area contributed by atoms with Crippen molar-refractivity contribution in [3.63, 3.8) is 0 Å². The molecule has 0 atom stereocenters. The molecule has 0 aliphatic carbocycles. The van der Waals surface area contributed by atoms with Crippen molar-refractivity contribution >= 4 is 5.78 Å². The van der Waals surface area contributed by atoms with Gasteiger partial charge in [-0.25, -0.2) is 13.2 Å². The fourth-order valence-electron chi connectivity index (χ4n) is 1.89. The largest absolute Gasteiger partial charge is 0.381 e. The third-order valence-corrected chi connectivity index (χ3v) is 2.87. The Hall–Kier alpha value is -1.36. The van der Waals surface area contributed by atoms with E-state index in [0.717, 1.165) is 0 Å². The van der Waals surface area contributed by atoms with Crippen LogP contribution in [-0.4, -0.2) is 19.0 Å². The molecule has 1 aromatic carbocycles. The van der Waals surface area contributed by atoms with Gasteiger partial charge in [0, 0.05) is 25.2 Å². The van der Waals surface area contributed by atoms with Crippen molar-refractivity contribution in [3.05, 3.63) is 35.1 Å². The fourth-order valence-corrected chi connectivity index (χ4v) is 1.89. The van der Waals surface area contributed by atoms with E-state index in [0.29, 0.717) is 38.2 Å². The minimum atomic E-state index is -1.29. The van der Waals surface area contributed by atoms with Gasteiger partial charge in [0.2, 0.25) is 0 Å². The smallest absolute Gasteiger partial charge is 0.169 e. The third kappa shape index (κ3) is 2.49. The Morgan fingerprint density at radius 1 is 1.06 bits per heavy atom. The van der Waals surface area contributed by atoms with Gasteiger partial charge in [-0.3, -0.25) is 4.79 Å². The molecule has 1 heterocycles. The maximum Gasteiger partial charge on any atom is 0.169 e. The van der Waals surface area contributed by atoms with Gasteiger partial charge in [-0.2, -0.15) is 0 Å². The van der Waals surface area contributed by atoms with Gasteiger partial charge < -0.3 is 4.74 Å². The number of benzene rings is 1. The van der Waals surface area contributed by atoms with Gasteiger partial charge in [0.1, 0.15) is 5.82 Å². The first-order valence-electron chi connectivity index (χ1n) is 5.36. The second kappa shape index (κ2) is 4.87. The van der Waals surface area contributed by atoms with Gasteiger partial charge in [0.25, 0.3) is 0 Å². The van der Waals surface area contributed by atoms with Crippen LogP contribution in [0.2, 0.25) is 0 Å². The van der Waals surface area contributed by atoms with E-state index >= 15 is 0 Å². The average molecular weight is 244 g/mol. The van der Waals surface area contributed by atoms with Crippen molar-refractivity contribution in [1.82, 2.24) is 0 Å². The predicted octanol–water partition coefficient (Wildman–Crippen LogP) is 2.71. The lowest BCUT2D eigenvalue weighted by atomic mass is 9.90. The highest BCUT2D eigenvalue weighted by Gasteiger charge is 2.26. The lowest BCUT2D eigenvalue weighted by Gasteiger charge is -2.20. The zero-order valence-corrected chi connectivity index (χ0v) is 9.01. The Kier molecular flexibility index (Phi) is 3.47. The molecule has 0 unspecified atom stereocenters. The molecule has 1 aromatic rings. The first kappa shape index (κ1) is 12.1. The Balaban J connectivity index is 2.26. The molecule has 5 heteroatoms. The Labute approximate surface area is 96.4 Å². The zero-order chi connectivity index (χ0) is 12.4. The van der Waals surface area contributed by atoms with Crippen LogP contribution in [0.25, 0.3) is 0 Å². The van der Waals surface area contributed by atoms with Crippen LogP contribution < -0.4 is 0 Å². The highest BCUT2D eigenvalue weighted by Crippen LogP contribution is 2.23. The average Bonchev–Trinajstić information content (AvgIpc) is 2.34. The lowest BCUT2D eigenvalue weighted by Crippen LogP contribution is -2.24. The van der Waals surface area contributed by atoms with E-state index in [4.69, 9.17) is 4.74 Å². The Morgan fingerprint density at radius 3 is 2.29 bits per heavy atom. The van der Waals surface area contributed by atoms with Crippen molar-refractivity contribution in [1.29, 1.82) is 0 Å². The van der Waals surface area contributed by atoms with Crippen LogP contribution in [0, 0.1) is 23.4 Å². The molecule has 0 radical (unpaired) electrons. The summed E-state index contributed by atoms with van der Waals surface area (Å²) >= 11 is 0. The van der Waals surface area contributed by atoms with E-state index in [1.54, 1.807) is 0 Å². The van der Waals surface area contributed by atoms with Crippen molar-refractivity contribution in [3.8, 4) is 0 Å². The van der Waals surface area contributed by atoms with Gasteiger partial charge in [0.05, 0.1) is 5.56 Å². The molecule has 92 valence electrons. The van der Waals surface area contributed by atoms with Crippen molar-refractivity contribution < 1.29 is 22.7 Å². The van der Waals surface area contributed by atoms with Crippen LogP contribution in [-0.2, 0) is 4.74 Å². The van der Waals surface area contributed by atoms with Crippen LogP contribution in [0.3, 0.4) is 0 Å². The van der Waals surface area contributed by atoms with Crippen molar-refractivity contribution in [2.24, 2.45) is 5.92 Å². The molecule has 17 heavy (non-hydrogen) atoms. The molecule has 2 rings (SSSR count). The molecule has 1 saturated heterocycles. The zero-order valence-electron chi connectivity index (χ0n) is 9.01. The van der Waals surface area contributed by atoms with E-state index in [1.807, 2.05) is 0 Å². The number of halogens is 3. The van der Waals surface area contributed by atoms with Gasteiger partial charge in [-0.1, -0.05) is 0 Å². The summed E-state index contributed by atoms with van der Waals surface area (Å²) in [6.45, 7) is 0.864. The molecule has 0 aromatic heterocycles. The molecule has 2 nitrogen and oxygen atoms in total. The molecule has 1 aliphatic heterocycles. The summed E-state index contributed by atoms with van der Waals surface area (Å²) in [5.41, 5.74) is -0.379. The maximum absolute atomic E-state index is 13.4. The summed E-state index contributed by atoms with van der Waals surface area (Å²) in [6, 6.07) is 1.03. The SMILES string of the molecule is O=C(c1cc(F)c(F)cc1F)C1CCOCC1. The van der Waals surface area contributed by atoms with Crippen LogP contribution in [0.4, 0.5) is 13.2 Å². The number of hydrogen-bond donors (Lipinski definition) is 0. The van der Waals surface area contributed by atoms with Gasteiger partial charge in [-0.15, -0.1) is 0 Å². The van der Waals surface area contributed by atoms with E-state index < -0.39 is 23.2 Å². The number of Topliss-reactive ketones (excluding diaryl/α,β-unsaturated/α-hetero) is 1. The van der Waals surface area contributed by atoms with Gasteiger partial charge in [0.15, 0.2) is 17.4 Å². The number of carbonyl (C=O) groups is 1. The minimum absolute atomic E-state index is 0.372. The van der Waals surface area contributed by atoms with Gasteiger partial charge >= 0.3 is 0 Å². The summed E-state index contributed by atoms with van der Waals surface area (Å²) in [7, 11) is 0. The Bertz CT molecular complexity index is 440. The second-order valence-corrected chi connectivity index (χ2v) is 4.00. The highest BCUT2D eigenvalue weighted by atomic mass is 19.2. The summed E-state index contributed by atoms with van der Waals surface area (Å²) in [5.74, 6) is -4.36. The number of rotatable bonds is 2. The number of ketones is 1. The van der Waals surface area contributed by atoms with Crippen molar-refractivity contribution in [2.45, 2.75) is 12.8 Å². The number of ether oxygens (including phenoxy) is 1. The molecular weight excluding hydrogens is 233 g/mol. The molecule has 0 spiro atoms. The first-order valence-corrected chi connectivity index (χ1v) is 5.36. The molecular formula is C12H11F3O2. The molecule has 1 aliphatic rings. The van der Waals surface area contributed by atoms with Crippen molar-refractivity contribution in [2.75, 3.05) is 13.2 Å². The summed E-state index contributed by atoms with van der Waals surface area (Å²) in [6.07, 6.45) is 0.967. The van der Waals surface area contributed by atoms with E-state index in [2.05, 4.69) is 0 Å². The second-order valence-electron chi connectivity index (χ2n) is 4.00. The first-order chi connectivity index (χ1) is 8.09. The van der Waals surface area contributed by atoms with Crippen LogP contribution in [0.5, 0.6) is 0 Å². The van der Waals surface area contributed by atoms with E-state index in [9.17, 15) is 18.0 Å². The van der Waals surface area contributed by atoms with E-state index in [-0.39, 0.29) is 11.5 Å². The quantitative estimate of drug-likeness (QED) is 0.590. The van der Waals surface area contributed by atoms with Gasteiger partial charge in [-0.05, 0) is 18.9 Å². The molecule has 0 saturated carbocycles. The van der Waals surface area contributed by atoms with Crippen LogP contribution >= 0.6 is 0 Å². The minimum Gasteiger partial charge on any atom is -0.381 e.